The fourth-order valence-electron chi connectivity index (χ4n) is 1.82. The van der Waals surface area contributed by atoms with Gasteiger partial charge in [-0.25, -0.2) is 4.39 Å². The van der Waals surface area contributed by atoms with Gasteiger partial charge in [0.2, 0.25) is 0 Å². The van der Waals surface area contributed by atoms with Crippen molar-refractivity contribution in [1.29, 1.82) is 0 Å². The van der Waals surface area contributed by atoms with Gasteiger partial charge in [-0.3, -0.25) is 5.43 Å². The molecule has 0 spiro atoms. The van der Waals surface area contributed by atoms with E-state index in [0.717, 1.165) is 11.1 Å². The second-order valence-electron chi connectivity index (χ2n) is 4.75. The Balaban J connectivity index is 2.05. The van der Waals surface area contributed by atoms with Crippen molar-refractivity contribution in [1.82, 2.24) is 5.43 Å². The SMILES string of the molecule is COc1cc(/C=N\NC(C)=S)ccc1OCc1ccc(F)cc1. The van der Waals surface area contributed by atoms with Gasteiger partial charge >= 0.3 is 0 Å². The van der Waals surface area contributed by atoms with Gasteiger partial charge in [-0.15, -0.1) is 0 Å². The smallest absolute Gasteiger partial charge is 0.161 e. The summed E-state index contributed by atoms with van der Waals surface area (Å²) in [7, 11) is 1.57. The van der Waals surface area contributed by atoms with Crippen molar-refractivity contribution in [2.45, 2.75) is 13.5 Å². The van der Waals surface area contributed by atoms with Crippen LogP contribution in [-0.4, -0.2) is 18.3 Å². The molecule has 0 aliphatic carbocycles. The van der Waals surface area contributed by atoms with Crippen molar-refractivity contribution >= 4 is 23.4 Å². The molecular weight excluding hydrogens is 315 g/mol. The fourth-order valence-corrected chi connectivity index (χ4v) is 1.88. The molecule has 0 heterocycles. The molecule has 23 heavy (non-hydrogen) atoms. The van der Waals surface area contributed by atoms with E-state index >= 15 is 0 Å². The van der Waals surface area contributed by atoms with Crippen LogP contribution in [0.15, 0.2) is 47.6 Å². The first kappa shape index (κ1) is 16.9. The molecule has 2 aromatic carbocycles. The molecule has 4 nitrogen and oxygen atoms in total. The van der Waals surface area contributed by atoms with E-state index in [1.165, 1.54) is 12.1 Å². The Morgan fingerprint density at radius 1 is 1.22 bits per heavy atom. The molecule has 0 radical (unpaired) electrons. The number of benzene rings is 2. The first-order valence-corrected chi connectivity index (χ1v) is 7.34. The van der Waals surface area contributed by atoms with Crippen LogP contribution in [-0.2, 0) is 6.61 Å². The zero-order valence-electron chi connectivity index (χ0n) is 12.9. The lowest BCUT2D eigenvalue weighted by Gasteiger charge is -2.11. The van der Waals surface area contributed by atoms with Gasteiger partial charge in [0, 0.05) is 0 Å². The van der Waals surface area contributed by atoms with Crippen LogP contribution in [0.3, 0.4) is 0 Å². The lowest BCUT2D eigenvalue weighted by atomic mass is 10.2. The second kappa shape index (κ2) is 8.24. The fraction of sp³-hybridized carbons (Fsp3) is 0.176. The maximum atomic E-state index is 12.9. The highest BCUT2D eigenvalue weighted by molar-refractivity contribution is 7.80. The van der Waals surface area contributed by atoms with Gasteiger partial charge in [-0.1, -0.05) is 24.4 Å². The Hall–Kier alpha value is -2.47. The molecule has 2 aromatic rings. The molecule has 120 valence electrons. The van der Waals surface area contributed by atoms with E-state index in [-0.39, 0.29) is 5.82 Å². The van der Waals surface area contributed by atoms with Crippen LogP contribution in [0.1, 0.15) is 18.1 Å². The van der Waals surface area contributed by atoms with Crippen LogP contribution in [0, 0.1) is 5.82 Å². The lowest BCUT2D eigenvalue weighted by molar-refractivity contribution is 0.284. The molecule has 0 bridgehead atoms. The molecule has 0 amide bonds. The van der Waals surface area contributed by atoms with Crippen LogP contribution in [0.5, 0.6) is 11.5 Å². The molecule has 0 aromatic heterocycles. The summed E-state index contributed by atoms with van der Waals surface area (Å²) in [6.45, 7) is 2.08. The van der Waals surface area contributed by atoms with Crippen molar-refractivity contribution < 1.29 is 13.9 Å². The number of hydrogen-bond acceptors (Lipinski definition) is 4. The highest BCUT2D eigenvalue weighted by atomic mass is 32.1. The van der Waals surface area contributed by atoms with Gasteiger partial charge in [0.25, 0.3) is 0 Å². The summed E-state index contributed by atoms with van der Waals surface area (Å²) >= 11 is 4.88. The van der Waals surface area contributed by atoms with E-state index in [2.05, 4.69) is 10.5 Å². The van der Waals surface area contributed by atoms with E-state index in [1.54, 1.807) is 38.4 Å². The zero-order chi connectivity index (χ0) is 16.7. The van der Waals surface area contributed by atoms with E-state index in [1.807, 2.05) is 12.1 Å². The number of nitrogens with zero attached hydrogens (tertiary/aromatic N) is 1. The van der Waals surface area contributed by atoms with Crippen molar-refractivity contribution in [3.05, 3.63) is 59.4 Å². The number of rotatable bonds is 6. The Morgan fingerprint density at radius 2 is 1.96 bits per heavy atom. The monoisotopic (exact) mass is 332 g/mol. The van der Waals surface area contributed by atoms with Crippen molar-refractivity contribution in [2.24, 2.45) is 5.10 Å². The number of ether oxygens (including phenoxy) is 2. The normalized spacial score (nSPS) is 10.6. The first-order chi connectivity index (χ1) is 11.1. The molecule has 0 aliphatic heterocycles. The summed E-state index contributed by atoms with van der Waals surface area (Å²) in [4.78, 5) is 0.590. The number of hydrazone groups is 1. The average molecular weight is 332 g/mol. The number of hydrogen-bond donors (Lipinski definition) is 1. The molecule has 6 heteroatoms. The minimum Gasteiger partial charge on any atom is -0.493 e. The third-order valence-electron chi connectivity index (χ3n) is 2.93. The maximum absolute atomic E-state index is 12.9. The van der Waals surface area contributed by atoms with Crippen molar-refractivity contribution in [3.63, 3.8) is 0 Å². The molecule has 0 fully saturated rings. The zero-order valence-corrected chi connectivity index (χ0v) is 13.7. The third kappa shape index (κ3) is 5.34. The Morgan fingerprint density at radius 3 is 2.61 bits per heavy atom. The minimum atomic E-state index is -0.268. The molecular formula is C17H17FN2O2S. The van der Waals surface area contributed by atoms with Gasteiger partial charge in [-0.05, 0) is 48.4 Å². The Bertz CT molecular complexity index is 702. The quantitative estimate of drug-likeness (QED) is 0.498. The largest absolute Gasteiger partial charge is 0.493 e. The van der Waals surface area contributed by atoms with Crippen LogP contribution in [0.25, 0.3) is 0 Å². The predicted octanol–water partition coefficient (Wildman–Crippen LogP) is 3.68. The van der Waals surface area contributed by atoms with E-state index in [9.17, 15) is 4.39 Å². The van der Waals surface area contributed by atoms with Gasteiger partial charge in [0.05, 0.1) is 18.3 Å². The predicted molar refractivity (Wildman–Crippen MR) is 92.7 cm³/mol. The lowest BCUT2D eigenvalue weighted by Crippen LogP contribution is -2.10. The average Bonchev–Trinajstić information content (AvgIpc) is 2.54. The molecule has 2 rings (SSSR count). The van der Waals surface area contributed by atoms with Gasteiger partial charge in [-0.2, -0.15) is 5.10 Å². The molecule has 0 saturated carbocycles. The summed E-state index contributed by atoms with van der Waals surface area (Å²) in [6.07, 6.45) is 1.64. The number of halogens is 1. The summed E-state index contributed by atoms with van der Waals surface area (Å²) < 4.78 is 23.9. The van der Waals surface area contributed by atoms with Crippen LogP contribution in [0.2, 0.25) is 0 Å². The highest BCUT2D eigenvalue weighted by Gasteiger charge is 2.06. The van der Waals surface area contributed by atoms with Crippen LogP contribution < -0.4 is 14.9 Å². The molecule has 0 saturated heterocycles. The minimum absolute atomic E-state index is 0.268. The van der Waals surface area contributed by atoms with E-state index in [0.29, 0.717) is 23.1 Å². The highest BCUT2D eigenvalue weighted by Crippen LogP contribution is 2.28. The number of nitrogens with one attached hydrogen (secondary N) is 1. The summed E-state index contributed by atoms with van der Waals surface area (Å²) in [5, 5.41) is 4.00. The van der Waals surface area contributed by atoms with Crippen LogP contribution >= 0.6 is 12.2 Å². The molecule has 0 unspecified atom stereocenters. The Kier molecular flexibility index (Phi) is 6.05. The first-order valence-electron chi connectivity index (χ1n) is 6.93. The standard InChI is InChI=1S/C17H17FN2O2S/c1-12(23)20-19-10-14-5-8-16(17(9-14)21-2)22-11-13-3-6-15(18)7-4-13/h3-10H,11H2,1-2H3,(H,20,23)/b19-10-. The van der Waals surface area contributed by atoms with Crippen LogP contribution in [0.4, 0.5) is 4.39 Å². The molecule has 0 atom stereocenters. The van der Waals surface area contributed by atoms with E-state index in [4.69, 9.17) is 21.7 Å². The van der Waals surface area contributed by atoms with E-state index < -0.39 is 0 Å². The number of methoxy groups -OCH3 is 1. The van der Waals surface area contributed by atoms with Gasteiger partial charge < -0.3 is 9.47 Å². The molecule has 1 N–H and O–H groups in total. The number of thiocarbonyl (C=S) groups is 1. The van der Waals surface area contributed by atoms with Crippen molar-refractivity contribution in [2.75, 3.05) is 7.11 Å². The topological polar surface area (TPSA) is 42.8 Å². The maximum Gasteiger partial charge on any atom is 0.161 e. The molecule has 0 aliphatic rings. The van der Waals surface area contributed by atoms with Crippen molar-refractivity contribution in [3.8, 4) is 11.5 Å². The second-order valence-corrected chi connectivity index (χ2v) is 5.36. The third-order valence-corrected chi connectivity index (χ3v) is 3.02. The van der Waals surface area contributed by atoms with Gasteiger partial charge in [0.15, 0.2) is 11.5 Å². The van der Waals surface area contributed by atoms with Gasteiger partial charge in [0.1, 0.15) is 12.4 Å². The summed E-state index contributed by atoms with van der Waals surface area (Å²) in [5.41, 5.74) is 4.42. The Labute approximate surface area is 139 Å². The summed E-state index contributed by atoms with van der Waals surface area (Å²) in [6, 6.07) is 11.6. The summed E-state index contributed by atoms with van der Waals surface area (Å²) in [5.74, 6) is 0.929.